The molecule has 3 N–H and O–H groups in total. The molecule has 0 aliphatic carbocycles. The van der Waals surface area contributed by atoms with Gasteiger partial charge in [0.25, 0.3) is 0 Å². The van der Waals surface area contributed by atoms with Crippen LogP contribution in [0.1, 0.15) is 28.9 Å². The fraction of sp³-hybridized carbons (Fsp3) is 0.143. The molecule has 1 heterocycles. The van der Waals surface area contributed by atoms with E-state index in [2.05, 4.69) is 26.6 Å². The Hall–Kier alpha value is -1.86. The lowest BCUT2D eigenvalue weighted by Gasteiger charge is -2.16. The first-order valence-corrected chi connectivity index (χ1v) is 7.79. The minimum absolute atomic E-state index is 0.0868. The van der Waals surface area contributed by atoms with E-state index in [1.165, 1.54) is 17.4 Å². The summed E-state index contributed by atoms with van der Waals surface area (Å²) in [6, 6.07) is 8.39. The van der Waals surface area contributed by atoms with Gasteiger partial charge in [-0.3, -0.25) is 5.32 Å². The molecule has 0 aliphatic heterocycles. The summed E-state index contributed by atoms with van der Waals surface area (Å²) in [7, 11) is 0. The molecule has 110 valence electrons. The zero-order valence-corrected chi connectivity index (χ0v) is 13.5. The van der Waals surface area contributed by atoms with Crippen LogP contribution in [0.3, 0.4) is 0 Å². The fourth-order valence-corrected chi connectivity index (χ4v) is 3.22. The van der Waals surface area contributed by atoms with Crippen LogP contribution in [-0.2, 0) is 0 Å². The van der Waals surface area contributed by atoms with Gasteiger partial charge in [0.1, 0.15) is 5.00 Å². The average molecular weight is 369 g/mol. The minimum Gasteiger partial charge on any atom is -0.478 e. The second kappa shape index (κ2) is 6.73. The van der Waals surface area contributed by atoms with Crippen LogP contribution < -0.4 is 10.6 Å². The van der Waals surface area contributed by atoms with Crippen LogP contribution in [-0.4, -0.2) is 17.1 Å². The molecule has 0 aliphatic rings. The molecule has 0 fully saturated rings. The normalized spacial score (nSPS) is 11.7. The molecule has 1 aromatic carbocycles. The van der Waals surface area contributed by atoms with Crippen molar-refractivity contribution in [3.63, 3.8) is 0 Å². The van der Waals surface area contributed by atoms with Crippen molar-refractivity contribution < 1.29 is 14.7 Å². The van der Waals surface area contributed by atoms with E-state index < -0.39 is 12.0 Å². The van der Waals surface area contributed by atoms with Crippen molar-refractivity contribution in [1.82, 2.24) is 5.32 Å². The van der Waals surface area contributed by atoms with Gasteiger partial charge in [-0.05, 0) is 30.0 Å². The Balaban J connectivity index is 2.03. The quantitative estimate of drug-likeness (QED) is 0.760. The summed E-state index contributed by atoms with van der Waals surface area (Å²) in [5, 5.41) is 16.3. The van der Waals surface area contributed by atoms with E-state index in [0.717, 1.165) is 10.0 Å². The lowest BCUT2D eigenvalue weighted by atomic mass is 10.1. The predicted octanol–water partition coefficient (Wildman–Crippen LogP) is 4.09. The van der Waals surface area contributed by atoms with Gasteiger partial charge in [-0.15, -0.1) is 11.3 Å². The van der Waals surface area contributed by atoms with Crippen molar-refractivity contribution in [2.75, 3.05) is 5.32 Å². The number of anilines is 1. The Labute approximate surface area is 134 Å². The fourth-order valence-electron chi connectivity index (χ4n) is 1.81. The first kappa shape index (κ1) is 15.5. The van der Waals surface area contributed by atoms with Crippen LogP contribution >= 0.6 is 27.3 Å². The largest absolute Gasteiger partial charge is 0.478 e. The van der Waals surface area contributed by atoms with Gasteiger partial charge in [-0.1, -0.05) is 34.1 Å². The summed E-state index contributed by atoms with van der Waals surface area (Å²) in [5.41, 5.74) is 1.03. The second-order valence-corrected chi connectivity index (χ2v) is 6.08. The molecule has 0 radical (unpaired) electrons. The molecule has 1 aromatic heterocycles. The zero-order chi connectivity index (χ0) is 15.4. The molecule has 0 saturated heterocycles. The van der Waals surface area contributed by atoms with E-state index in [0.29, 0.717) is 5.00 Å². The monoisotopic (exact) mass is 368 g/mol. The molecule has 1 atom stereocenters. The molecule has 7 heteroatoms. The molecule has 0 unspecified atom stereocenters. The predicted molar refractivity (Wildman–Crippen MR) is 86.0 cm³/mol. The number of carboxylic acid groups (broad SMARTS) is 1. The van der Waals surface area contributed by atoms with Gasteiger partial charge in [0, 0.05) is 4.47 Å². The van der Waals surface area contributed by atoms with Gasteiger partial charge in [-0.2, -0.15) is 0 Å². The third-order valence-corrected chi connectivity index (χ3v) is 4.39. The Morgan fingerprint density at radius 2 is 2.00 bits per heavy atom. The van der Waals surface area contributed by atoms with E-state index >= 15 is 0 Å². The number of amides is 2. The van der Waals surface area contributed by atoms with E-state index in [-0.39, 0.29) is 11.6 Å². The molecule has 2 aromatic rings. The number of benzene rings is 1. The lowest BCUT2D eigenvalue weighted by molar-refractivity contribution is 0.0698. The number of aromatic carboxylic acids is 1. The molecular weight excluding hydrogens is 356 g/mol. The van der Waals surface area contributed by atoms with Gasteiger partial charge >= 0.3 is 12.0 Å². The maximum Gasteiger partial charge on any atom is 0.338 e. The molecule has 2 amide bonds. The molecule has 21 heavy (non-hydrogen) atoms. The lowest BCUT2D eigenvalue weighted by Crippen LogP contribution is -2.31. The SMILES string of the molecule is C[C@H](NC(=O)Nc1sccc1C(=O)O)c1ccccc1Br. The average Bonchev–Trinajstić information content (AvgIpc) is 2.87. The number of carboxylic acids is 1. The highest BCUT2D eigenvalue weighted by atomic mass is 79.9. The smallest absolute Gasteiger partial charge is 0.338 e. The highest BCUT2D eigenvalue weighted by Crippen LogP contribution is 2.25. The van der Waals surface area contributed by atoms with Crippen molar-refractivity contribution in [3.8, 4) is 0 Å². The van der Waals surface area contributed by atoms with Gasteiger partial charge in [0.2, 0.25) is 0 Å². The van der Waals surface area contributed by atoms with Crippen LogP contribution in [0.15, 0.2) is 40.2 Å². The first-order valence-electron chi connectivity index (χ1n) is 6.11. The summed E-state index contributed by atoms with van der Waals surface area (Å²) in [6.45, 7) is 1.85. The maximum absolute atomic E-state index is 12.0. The number of carbonyl (C=O) groups excluding carboxylic acids is 1. The van der Waals surface area contributed by atoms with Gasteiger partial charge in [0.15, 0.2) is 0 Å². The number of thiophene rings is 1. The zero-order valence-electron chi connectivity index (χ0n) is 11.1. The third kappa shape index (κ3) is 3.83. The molecule has 0 saturated carbocycles. The summed E-state index contributed by atoms with van der Waals surface area (Å²) in [5.74, 6) is -1.06. The third-order valence-electron chi connectivity index (χ3n) is 2.84. The number of nitrogens with one attached hydrogen (secondary N) is 2. The Morgan fingerprint density at radius 1 is 1.29 bits per heavy atom. The van der Waals surface area contributed by atoms with Gasteiger partial charge < -0.3 is 10.4 Å². The summed E-state index contributed by atoms with van der Waals surface area (Å²) in [4.78, 5) is 22.9. The number of hydrogen-bond acceptors (Lipinski definition) is 3. The van der Waals surface area contributed by atoms with Crippen LogP contribution in [0.4, 0.5) is 9.80 Å². The van der Waals surface area contributed by atoms with Crippen molar-refractivity contribution in [2.45, 2.75) is 13.0 Å². The molecule has 0 bridgehead atoms. The van der Waals surface area contributed by atoms with Crippen LogP contribution in [0.5, 0.6) is 0 Å². The van der Waals surface area contributed by atoms with Crippen molar-refractivity contribution in [1.29, 1.82) is 0 Å². The Morgan fingerprint density at radius 3 is 2.67 bits per heavy atom. The second-order valence-electron chi connectivity index (χ2n) is 4.31. The Bertz CT molecular complexity index is 672. The number of carbonyl (C=O) groups is 2. The number of urea groups is 1. The highest BCUT2D eigenvalue weighted by molar-refractivity contribution is 9.10. The molecule has 0 spiro atoms. The highest BCUT2D eigenvalue weighted by Gasteiger charge is 2.16. The van der Waals surface area contributed by atoms with E-state index in [1.807, 2.05) is 31.2 Å². The first-order chi connectivity index (χ1) is 9.99. The van der Waals surface area contributed by atoms with E-state index in [4.69, 9.17) is 5.11 Å². The van der Waals surface area contributed by atoms with Gasteiger partial charge in [0.05, 0.1) is 11.6 Å². The van der Waals surface area contributed by atoms with E-state index in [1.54, 1.807) is 5.38 Å². The van der Waals surface area contributed by atoms with E-state index in [9.17, 15) is 9.59 Å². The van der Waals surface area contributed by atoms with Gasteiger partial charge in [-0.25, -0.2) is 9.59 Å². The van der Waals surface area contributed by atoms with Crippen molar-refractivity contribution >= 4 is 44.3 Å². The summed E-state index contributed by atoms with van der Waals surface area (Å²) < 4.78 is 0.903. The minimum atomic E-state index is -1.06. The molecular formula is C14H13BrN2O3S. The standard InChI is InChI=1S/C14H13BrN2O3S/c1-8(9-4-2-3-5-11(9)15)16-14(20)17-12-10(13(18)19)6-7-21-12/h2-8H,1H3,(H,18,19)(H2,16,17,20)/t8-/m0/s1. The summed E-state index contributed by atoms with van der Waals surface area (Å²) >= 11 is 4.60. The Kier molecular flexibility index (Phi) is 4.98. The maximum atomic E-state index is 12.0. The number of hydrogen-bond donors (Lipinski definition) is 3. The summed E-state index contributed by atoms with van der Waals surface area (Å²) in [6.07, 6.45) is 0. The number of halogens is 1. The topological polar surface area (TPSA) is 78.4 Å². The van der Waals surface area contributed by atoms with Crippen molar-refractivity contribution in [2.24, 2.45) is 0 Å². The van der Waals surface area contributed by atoms with Crippen LogP contribution in [0.2, 0.25) is 0 Å². The molecule has 5 nitrogen and oxygen atoms in total. The van der Waals surface area contributed by atoms with Crippen LogP contribution in [0, 0.1) is 0 Å². The van der Waals surface area contributed by atoms with Crippen LogP contribution in [0.25, 0.3) is 0 Å². The van der Waals surface area contributed by atoms with Crippen molar-refractivity contribution in [3.05, 3.63) is 51.3 Å². The number of rotatable bonds is 4. The molecule has 2 rings (SSSR count).